The first kappa shape index (κ1) is 27.6. The summed E-state index contributed by atoms with van der Waals surface area (Å²) in [5, 5.41) is 3.60. The second-order valence-corrected chi connectivity index (χ2v) is 11.6. The normalized spacial score (nSPS) is 17.9. The van der Waals surface area contributed by atoms with E-state index in [0.717, 1.165) is 71.1 Å². The third kappa shape index (κ3) is 7.00. The average Bonchev–Trinajstić information content (AvgIpc) is 2.93. The van der Waals surface area contributed by atoms with Crippen molar-refractivity contribution >= 4 is 16.8 Å². The van der Waals surface area contributed by atoms with Crippen molar-refractivity contribution < 1.29 is 13.9 Å². The van der Waals surface area contributed by atoms with E-state index < -0.39 is 0 Å². The maximum atomic E-state index is 14.2. The molecule has 208 valence electrons. The number of hydrogen-bond donors (Lipinski definition) is 1. The lowest BCUT2D eigenvalue weighted by Gasteiger charge is -2.42. The first-order chi connectivity index (χ1) is 18.8. The number of carbonyl (C=O) groups excluding carboxylic acids is 1. The summed E-state index contributed by atoms with van der Waals surface area (Å²) >= 11 is 0. The van der Waals surface area contributed by atoms with Gasteiger partial charge >= 0.3 is 0 Å². The van der Waals surface area contributed by atoms with Gasteiger partial charge in [0.2, 0.25) is 0 Å². The lowest BCUT2D eigenvalue weighted by atomic mass is 10.0. The Morgan fingerprint density at radius 1 is 0.949 bits per heavy atom. The largest absolute Gasteiger partial charge is 0.379 e. The van der Waals surface area contributed by atoms with Crippen LogP contribution in [-0.2, 0) is 11.3 Å². The Bertz CT molecular complexity index is 1280. The fourth-order valence-corrected chi connectivity index (χ4v) is 5.40. The molecule has 3 heterocycles. The average molecular weight is 534 g/mol. The van der Waals surface area contributed by atoms with Crippen molar-refractivity contribution in [1.29, 1.82) is 0 Å². The van der Waals surface area contributed by atoms with Gasteiger partial charge in [-0.25, -0.2) is 9.37 Å². The summed E-state index contributed by atoms with van der Waals surface area (Å²) in [5.41, 5.74) is 4.09. The van der Waals surface area contributed by atoms with Crippen LogP contribution in [-0.4, -0.2) is 96.7 Å². The molecule has 0 spiro atoms. The molecule has 3 aromatic rings. The quantitative estimate of drug-likeness (QED) is 0.495. The number of aromatic nitrogens is 1. The van der Waals surface area contributed by atoms with Crippen molar-refractivity contribution in [2.75, 3.05) is 65.6 Å². The predicted molar refractivity (Wildman–Crippen MR) is 153 cm³/mol. The number of carbonyl (C=O) groups is 1. The fourth-order valence-electron chi connectivity index (χ4n) is 5.40. The summed E-state index contributed by atoms with van der Waals surface area (Å²) in [6.45, 7) is 16.4. The minimum absolute atomic E-state index is 0.179. The highest BCUT2D eigenvalue weighted by Gasteiger charge is 2.25. The molecule has 39 heavy (non-hydrogen) atoms. The predicted octanol–water partition coefficient (Wildman–Crippen LogP) is 4.02. The zero-order chi connectivity index (χ0) is 27.4. The maximum Gasteiger partial charge on any atom is 0.252 e. The van der Waals surface area contributed by atoms with Crippen LogP contribution in [0.4, 0.5) is 4.39 Å². The lowest BCUT2D eigenvalue weighted by molar-refractivity contribution is 0.0342. The zero-order valence-corrected chi connectivity index (χ0v) is 23.4. The van der Waals surface area contributed by atoms with Crippen LogP contribution >= 0.6 is 0 Å². The number of ether oxygens (including phenoxy) is 1. The molecule has 2 aliphatic heterocycles. The minimum Gasteiger partial charge on any atom is -0.379 e. The van der Waals surface area contributed by atoms with Gasteiger partial charge in [0.1, 0.15) is 5.82 Å². The molecule has 0 saturated carbocycles. The van der Waals surface area contributed by atoms with Crippen molar-refractivity contribution in [2.45, 2.75) is 32.9 Å². The number of halogens is 1. The van der Waals surface area contributed by atoms with Crippen LogP contribution < -0.4 is 5.32 Å². The molecule has 2 saturated heterocycles. The minimum atomic E-state index is -0.379. The van der Waals surface area contributed by atoms with E-state index in [1.54, 1.807) is 12.1 Å². The number of amides is 1. The number of pyridine rings is 1. The first-order valence-corrected chi connectivity index (χ1v) is 14.0. The summed E-state index contributed by atoms with van der Waals surface area (Å²) in [6.07, 6.45) is 0. The number of morpholine rings is 1. The summed E-state index contributed by atoms with van der Waals surface area (Å²) in [7, 11) is 0. The molecule has 7 nitrogen and oxygen atoms in total. The number of piperazine rings is 1. The van der Waals surface area contributed by atoms with E-state index in [1.165, 1.54) is 17.7 Å². The summed E-state index contributed by atoms with van der Waals surface area (Å²) in [6, 6.07) is 14.5. The third-order valence-electron chi connectivity index (χ3n) is 7.81. The van der Waals surface area contributed by atoms with Gasteiger partial charge in [0.05, 0.1) is 30.0 Å². The standard InChI is InChI=1S/C31H40FN5O2/c1-31(2,3)37-14-12-35(13-15-37)11-10-33-30(38)27-21-29(34-28-9-8-25(32)20-26(27)28)24-6-4-23(5-7-24)22-36-16-18-39-19-17-36/h4-9,20-21H,10-19,22H2,1-3H3,(H,33,38). The topological polar surface area (TPSA) is 60.9 Å². The maximum absolute atomic E-state index is 14.2. The fraction of sp³-hybridized carbons (Fsp3) is 0.484. The number of nitrogens with one attached hydrogen (secondary N) is 1. The molecule has 0 atom stereocenters. The monoisotopic (exact) mass is 533 g/mol. The van der Waals surface area contributed by atoms with Gasteiger partial charge in [0, 0.05) is 75.4 Å². The Kier molecular flexibility index (Phi) is 8.57. The van der Waals surface area contributed by atoms with Crippen molar-refractivity contribution in [2.24, 2.45) is 0 Å². The molecule has 1 amide bonds. The lowest BCUT2D eigenvalue weighted by Crippen LogP contribution is -2.54. The van der Waals surface area contributed by atoms with Gasteiger partial charge in [-0.2, -0.15) is 0 Å². The van der Waals surface area contributed by atoms with E-state index in [9.17, 15) is 9.18 Å². The van der Waals surface area contributed by atoms with Crippen LogP contribution in [0.2, 0.25) is 0 Å². The molecule has 0 aliphatic carbocycles. The SMILES string of the molecule is CC(C)(C)N1CCN(CCNC(=O)c2cc(-c3ccc(CN4CCOCC4)cc3)nc3ccc(F)cc23)CC1. The number of hydrogen-bond acceptors (Lipinski definition) is 6. The van der Waals surface area contributed by atoms with Gasteiger partial charge in [-0.3, -0.25) is 19.5 Å². The smallest absolute Gasteiger partial charge is 0.252 e. The molecule has 2 aliphatic rings. The van der Waals surface area contributed by atoms with Gasteiger partial charge in [-0.05, 0) is 50.6 Å². The highest BCUT2D eigenvalue weighted by atomic mass is 19.1. The Morgan fingerprint density at radius 3 is 2.36 bits per heavy atom. The van der Waals surface area contributed by atoms with Gasteiger partial charge in [0.15, 0.2) is 0 Å². The van der Waals surface area contributed by atoms with E-state index in [2.05, 4.69) is 52.9 Å². The molecule has 1 aromatic heterocycles. The van der Waals surface area contributed by atoms with E-state index in [4.69, 9.17) is 9.72 Å². The first-order valence-electron chi connectivity index (χ1n) is 14.0. The van der Waals surface area contributed by atoms with Gasteiger partial charge in [0.25, 0.3) is 5.91 Å². The third-order valence-corrected chi connectivity index (χ3v) is 7.81. The Labute approximate surface area is 230 Å². The highest BCUT2D eigenvalue weighted by Crippen LogP contribution is 2.26. The molecule has 8 heteroatoms. The van der Waals surface area contributed by atoms with E-state index in [1.807, 2.05) is 12.1 Å². The van der Waals surface area contributed by atoms with Crippen LogP contribution in [0.25, 0.3) is 22.2 Å². The van der Waals surface area contributed by atoms with Crippen LogP contribution in [0.3, 0.4) is 0 Å². The zero-order valence-electron chi connectivity index (χ0n) is 23.4. The van der Waals surface area contributed by atoms with Crippen LogP contribution in [0.1, 0.15) is 36.7 Å². The second-order valence-electron chi connectivity index (χ2n) is 11.6. The van der Waals surface area contributed by atoms with Crippen molar-refractivity contribution in [3.8, 4) is 11.3 Å². The summed E-state index contributed by atoms with van der Waals surface area (Å²) in [4.78, 5) is 25.4. The van der Waals surface area contributed by atoms with E-state index in [0.29, 0.717) is 28.7 Å². The molecule has 0 radical (unpaired) electrons. The number of fused-ring (bicyclic) bond motifs is 1. The molecule has 5 rings (SSSR count). The van der Waals surface area contributed by atoms with Crippen molar-refractivity contribution in [1.82, 2.24) is 25.0 Å². The molecule has 2 aromatic carbocycles. The van der Waals surface area contributed by atoms with Crippen LogP contribution in [0, 0.1) is 5.82 Å². The van der Waals surface area contributed by atoms with Gasteiger partial charge in [-0.15, -0.1) is 0 Å². The number of benzene rings is 2. The number of rotatable bonds is 7. The van der Waals surface area contributed by atoms with Crippen LogP contribution in [0.5, 0.6) is 0 Å². The van der Waals surface area contributed by atoms with E-state index >= 15 is 0 Å². The Morgan fingerprint density at radius 2 is 1.67 bits per heavy atom. The molecule has 0 bridgehead atoms. The molecule has 1 N–H and O–H groups in total. The number of nitrogens with zero attached hydrogens (tertiary/aromatic N) is 4. The highest BCUT2D eigenvalue weighted by molar-refractivity contribution is 6.07. The van der Waals surface area contributed by atoms with Crippen LogP contribution in [0.15, 0.2) is 48.5 Å². The molecule has 2 fully saturated rings. The Balaban J connectivity index is 1.27. The van der Waals surface area contributed by atoms with Gasteiger partial charge in [-0.1, -0.05) is 24.3 Å². The molecular formula is C31H40FN5O2. The molecular weight excluding hydrogens is 493 g/mol. The van der Waals surface area contributed by atoms with Crippen molar-refractivity contribution in [3.63, 3.8) is 0 Å². The van der Waals surface area contributed by atoms with Gasteiger partial charge < -0.3 is 10.1 Å². The van der Waals surface area contributed by atoms with Crippen molar-refractivity contribution in [3.05, 3.63) is 65.5 Å². The second kappa shape index (κ2) is 12.1. The molecule has 0 unspecified atom stereocenters. The Hall–Kier alpha value is -2.91. The van der Waals surface area contributed by atoms with E-state index in [-0.39, 0.29) is 17.3 Å². The summed E-state index contributed by atoms with van der Waals surface area (Å²) < 4.78 is 19.6. The summed E-state index contributed by atoms with van der Waals surface area (Å²) in [5.74, 6) is -0.582.